The molecule has 6 nitrogen and oxygen atoms in total. The Bertz CT molecular complexity index is 1230. The lowest BCUT2D eigenvalue weighted by atomic mass is 10.1. The number of carbonyl (C=O) groups is 1. The fourth-order valence-corrected chi connectivity index (χ4v) is 4.90. The summed E-state index contributed by atoms with van der Waals surface area (Å²) >= 11 is 8.82. The third-order valence-corrected chi connectivity index (χ3v) is 6.95. The van der Waals surface area contributed by atoms with E-state index in [0.717, 1.165) is 23.0 Å². The summed E-state index contributed by atoms with van der Waals surface area (Å²) in [5, 5.41) is 3.60. The molecular formula is C25H29BrN4O2S. The van der Waals surface area contributed by atoms with Crippen LogP contribution in [0.15, 0.2) is 51.7 Å². The van der Waals surface area contributed by atoms with Crippen molar-refractivity contribution in [3.63, 3.8) is 0 Å². The summed E-state index contributed by atoms with van der Waals surface area (Å²) in [4.78, 5) is 31.1. The van der Waals surface area contributed by atoms with Crippen molar-refractivity contribution in [3.8, 4) is 0 Å². The van der Waals surface area contributed by atoms with Crippen LogP contribution in [0.1, 0.15) is 48.0 Å². The number of aromatic amines is 1. The Kier molecular flexibility index (Phi) is 8.11. The van der Waals surface area contributed by atoms with E-state index in [-0.39, 0.29) is 11.5 Å². The number of fused-ring (bicyclic) bond motifs is 1. The van der Waals surface area contributed by atoms with Crippen LogP contribution in [0.3, 0.4) is 0 Å². The largest absolute Gasteiger partial charge is 0.352 e. The van der Waals surface area contributed by atoms with Gasteiger partial charge in [0.25, 0.3) is 11.5 Å². The van der Waals surface area contributed by atoms with E-state index in [0.29, 0.717) is 34.3 Å². The molecule has 0 saturated carbocycles. The topological polar surface area (TPSA) is 70.1 Å². The minimum absolute atomic E-state index is 0.0672. The molecule has 1 aromatic heterocycles. The Balaban J connectivity index is 1.35. The summed E-state index contributed by atoms with van der Waals surface area (Å²) in [6.45, 7) is 4.41. The Hall–Kier alpha value is -2.29. The molecule has 0 aliphatic carbocycles. The van der Waals surface area contributed by atoms with Gasteiger partial charge in [-0.15, -0.1) is 0 Å². The van der Waals surface area contributed by atoms with Crippen LogP contribution in [0, 0.1) is 4.77 Å². The van der Waals surface area contributed by atoms with Crippen LogP contribution < -0.4 is 10.9 Å². The van der Waals surface area contributed by atoms with Gasteiger partial charge in [0.05, 0.1) is 17.4 Å². The highest BCUT2D eigenvalue weighted by Crippen LogP contribution is 2.16. The summed E-state index contributed by atoms with van der Waals surface area (Å²) in [5.41, 5.74) is 2.10. The maximum atomic E-state index is 12.9. The number of likely N-dealkylation sites (tertiary alicyclic amines) is 1. The first-order chi connectivity index (χ1) is 16.0. The highest BCUT2D eigenvalue weighted by atomic mass is 79.9. The molecule has 0 unspecified atom stereocenters. The van der Waals surface area contributed by atoms with Crippen LogP contribution >= 0.6 is 28.1 Å². The van der Waals surface area contributed by atoms with Gasteiger partial charge in [-0.05, 0) is 87.0 Å². The molecule has 3 aromatic rings. The molecule has 0 atom stereocenters. The highest BCUT2D eigenvalue weighted by Gasteiger charge is 2.10. The Morgan fingerprint density at radius 2 is 1.79 bits per heavy atom. The average Bonchev–Trinajstić information content (AvgIpc) is 3.09. The summed E-state index contributed by atoms with van der Waals surface area (Å²) < 4.78 is 2.76. The minimum Gasteiger partial charge on any atom is -0.352 e. The van der Waals surface area contributed by atoms with E-state index in [1.807, 2.05) is 24.3 Å². The molecule has 2 heterocycles. The zero-order chi connectivity index (χ0) is 23.2. The van der Waals surface area contributed by atoms with Crippen molar-refractivity contribution >= 4 is 45.0 Å². The van der Waals surface area contributed by atoms with E-state index in [2.05, 4.69) is 31.1 Å². The van der Waals surface area contributed by atoms with Gasteiger partial charge in [-0.25, -0.2) is 0 Å². The lowest BCUT2D eigenvalue weighted by molar-refractivity contribution is 0.0951. The number of amides is 1. The molecule has 1 fully saturated rings. The Labute approximate surface area is 207 Å². The monoisotopic (exact) mass is 528 g/mol. The SMILES string of the molecule is O=C(NCCCN1CCCCCC1)c1ccc(Cn2c(=S)[nH]c3ccc(Br)cc3c2=O)cc1. The van der Waals surface area contributed by atoms with Crippen LogP contribution in [0.25, 0.3) is 10.9 Å². The second-order valence-electron chi connectivity index (χ2n) is 8.57. The van der Waals surface area contributed by atoms with Gasteiger partial charge in [-0.3, -0.25) is 14.2 Å². The molecule has 0 radical (unpaired) electrons. The van der Waals surface area contributed by atoms with Crippen LogP contribution in [-0.4, -0.2) is 46.5 Å². The minimum atomic E-state index is -0.138. The number of rotatable bonds is 7. The highest BCUT2D eigenvalue weighted by molar-refractivity contribution is 9.10. The smallest absolute Gasteiger partial charge is 0.262 e. The van der Waals surface area contributed by atoms with Gasteiger partial charge in [0.15, 0.2) is 4.77 Å². The first kappa shape index (κ1) is 23.9. The molecule has 33 heavy (non-hydrogen) atoms. The molecule has 8 heteroatoms. The first-order valence-corrected chi connectivity index (χ1v) is 12.7. The predicted octanol–water partition coefficient (Wildman–Crippen LogP) is 4.87. The predicted molar refractivity (Wildman–Crippen MR) is 138 cm³/mol. The number of benzene rings is 2. The van der Waals surface area contributed by atoms with Gasteiger partial charge in [-0.1, -0.05) is 40.9 Å². The van der Waals surface area contributed by atoms with Crippen LogP contribution in [0.4, 0.5) is 0 Å². The van der Waals surface area contributed by atoms with E-state index in [4.69, 9.17) is 12.2 Å². The van der Waals surface area contributed by atoms with Crippen LogP contribution in [0.5, 0.6) is 0 Å². The van der Waals surface area contributed by atoms with Crippen molar-refractivity contribution in [2.45, 2.75) is 38.6 Å². The third-order valence-electron chi connectivity index (χ3n) is 6.14. The third kappa shape index (κ3) is 6.19. The van der Waals surface area contributed by atoms with Gasteiger partial charge in [-0.2, -0.15) is 0 Å². The molecule has 0 bridgehead atoms. The Morgan fingerprint density at radius 1 is 1.06 bits per heavy atom. The molecule has 2 N–H and O–H groups in total. The van der Waals surface area contributed by atoms with Crippen molar-refractivity contribution < 1.29 is 4.79 Å². The molecule has 1 aliphatic rings. The number of carbonyl (C=O) groups excluding carboxylic acids is 1. The van der Waals surface area contributed by atoms with Gasteiger partial charge in [0.1, 0.15) is 0 Å². The molecular weight excluding hydrogens is 500 g/mol. The van der Waals surface area contributed by atoms with Crippen molar-refractivity contribution in [2.75, 3.05) is 26.2 Å². The molecule has 0 spiro atoms. The van der Waals surface area contributed by atoms with E-state index in [1.54, 1.807) is 22.8 Å². The van der Waals surface area contributed by atoms with E-state index >= 15 is 0 Å². The fourth-order valence-electron chi connectivity index (χ4n) is 4.28. The summed E-state index contributed by atoms with van der Waals surface area (Å²) in [6, 6.07) is 12.8. The second kappa shape index (κ2) is 11.2. The van der Waals surface area contributed by atoms with E-state index in [1.165, 1.54) is 38.8 Å². The molecule has 1 amide bonds. The lowest BCUT2D eigenvalue weighted by Crippen LogP contribution is -2.30. The number of aromatic nitrogens is 2. The standard InChI is InChI=1S/C25H29BrN4O2S/c26-20-10-11-22-21(16-20)24(32)30(25(33)28-22)17-18-6-8-19(9-7-18)23(31)27-12-5-15-29-13-3-1-2-4-14-29/h6-11,16H,1-5,12-15,17H2,(H,27,31)(H,28,33). The average molecular weight is 530 g/mol. The number of H-pyrrole nitrogens is 1. The molecule has 2 aromatic carbocycles. The van der Waals surface area contributed by atoms with Crippen molar-refractivity contribution in [1.29, 1.82) is 0 Å². The number of nitrogens with zero attached hydrogens (tertiary/aromatic N) is 2. The molecule has 1 saturated heterocycles. The summed E-state index contributed by atoms with van der Waals surface area (Å²) in [6.07, 6.45) is 6.20. The zero-order valence-electron chi connectivity index (χ0n) is 18.6. The lowest BCUT2D eigenvalue weighted by Gasteiger charge is -2.19. The zero-order valence-corrected chi connectivity index (χ0v) is 21.0. The first-order valence-electron chi connectivity index (χ1n) is 11.5. The number of halogens is 1. The maximum Gasteiger partial charge on any atom is 0.262 e. The number of hydrogen-bond donors (Lipinski definition) is 2. The molecule has 4 rings (SSSR count). The van der Waals surface area contributed by atoms with E-state index < -0.39 is 0 Å². The quantitative estimate of drug-likeness (QED) is 0.339. The van der Waals surface area contributed by atoms with Crippen molar-refractivity contribution in [3.05, 3.63) is 73.2 Å². The molecule has 1 aliphatic heterocycles. The van der Waals surface area contributed by atoms with Crippen LogP contribution in [-0.2, 0) is 6.54 Å². The van der Waals surface area contributed by atoms with Gasteiger partial charge in [0, 0.05) is 16.6 Å². The molecule has 174 valence electrons. The maximum absolute atomic E-state index is 12.9. The second-order valence-corrected chi connectivity index (χ2v) is 9.88. The Morgan fingerprint density at radius 3 is 2.52 bits per heavy atom. The number of nitrogens with one attached hydrogen (secondary N) is 2. The van der Waals surface area contributed by atoms with Gasteiger partial charge >= 0.3 is 0 Å². The normalized spacial score (nSPS) is 14.8. The van der Waals surface area contributed by atoms with Crippen molar-refractivity contribution in [1.82, 2.24) is 19.8 Å². The van der Waals surface area contributed by atoms with Crippen molar-refractivity contribution in [2.24, 2.45) is 0 Å². The van der Waals surface area contributed by atoms with Gasteiger partial charge < -0.3 is 15.2 Å². The summed E-state index contributed by atoms with van der Waals surface area (Å²) in [5.74, 6) is -0.0672. The fraction of sp³-hybridized carbons (Fsp3) is 0.400. The van der Waals surface area contributed by atoms with Crippen LogP contribution in [0.2, 0.25) is 0 Å². The van der Waals surface area contributed by atoms with Gasteiger partial charge in [0.2, 0.25) is 0 Å². The summed E-state index contributed by atoms with van der Waals surface area (Å²) in [7, 11) is 0. The van der Waals surface area contributed by atoms with E-state index in [9.17, 15) is 9.59 Å². The number of hydrogen-bond acceptors (Lipinski definition) is 4.